The molecule has 1 aliphatic heterocycles. The molecule has 0 spiro atoms. The minimum absolute atomic E-state index is 0.0706. The van der Waals surface area contributed by atoms with Crippen LogP contribution in [-0.4, -0.2) is 60.4 Å². The van der Waals surface area contributed by atoms with Crippen molar-refractivity contribution in [1.82, 2.24) is 9.80 Å². The van der Waals surface area contributed by atoms with E-state index in [2.05, 4.69) is 0 Å². The van der Waals surface area contributed by atoms with Crippen molar-refractivity contribution >= 4 is 29.1 Å². The first kappa shape index (κ1) is 22.8. The summed E-state index contributed by atoms with van der Waals surface area (Å²) in [6.45, 7) is 3.49. The molecule has 164 valence electrons. The third-order valence-corrected chi connectivity index (χ3v) is 5.46. The fourth-order valence-corrected chi connectivity index (χ4v) is 3.96. The number of nitrogens with zero attached hydrogens (tertiary/aromatic N) is 2. The van der Waals surface area contributed by atoms with Crippen molar-refractivity contribution in [2.24, 2.45) is 0 Å². The zero-order valence-corrected chi connectivity index (χ0v) is 18.7. The second-order valence-electron chi connectivity index (χ2n) is 7.64. The van der Waals surface area contributed by atoms with E-state index in [1.165, 1.54) is 0 Å². The number of ketones is 1. The molecule has 1 saturated heterocycles. The highest BCUT2D eigenvalue weighted by Gasteiger charge is 2.45. The molecule has 1 fully saturated rings. The minimum Gasteiger partial charge on any atom is -0.507 e. The number of hydrogen-bond donors (Lipinski definition) is 1. The Morgan fingerprint density at radius 2 is 1.87 bits per heavy atom. The van der Waals surface area contributed by atoms with E-state index >= 15 is 0 Å². The van der Waals surface area contributed by atoms with Gasteiger partial charge in [0.1, 0.15) is 11.5 Å². The molecule has 0 bridgehead atoms. The molecule has 2 aromatic carbocycles. The van der Waals surface area contributed by atoms with Crippen LogP contribution in [0.1, 0.15) is 30.5 Å². The van der Waals surface area contributed by atoms with Gasteiger partial charge in [-0.25, -0.2) is 0 Å². The molecule has 3 rings (SSSR count). The summed E-state index contributed by atoms with van der Waals surface area (Å²) in [6.07, 6.45) is 0.707. The number of benzene rings is 2. The number of carbonyl (C=O) groups excluding carboxylic acids is 2. The van der Waals surface area contributed by atoms with Gasteiger partial charge in [-0.15, -0.1) is 0 Å². The number of rotatable bonds is 8. The number of hydrogen-bond acceptors (Lipinski definition) is 5. The molecule has 0 radical (unpaired) electrons. The molecule has 0 aliphatic carbocycles. The SMILES string of the molecule is CCOc1ccc(/C(O)=C2\C(=O)C(=O)N(CCCN(C)C)[C@@H]2c2ccccc2)cc1Cl. The van der Waals surface area contributed by atoms with Crippen molar-refractivity contribution in [3.8, 4) is 5.75 Å². The van der Waals surface area contributed by atoms with Gasteiger partial charge < -0.3 is 19.6 Å². The number of aliphatic hydroxyl groups excluding tert-OH is 1. The average molecular weight is 443 g/mol. The summed E-state index contributed by atoms with van der Waals surface area (Å²) in [5, 5.41) is 11.4. The quantitative estimate of drug-likeness (QED) is 0.378. The molecule has 2 aromatic rings. The summed E-state index contributed by atoms with van der Waals surface area (Å²) in [5.41, 5.74) is 1.20. The highest BCUT2D eigenvalue weighted by Crippen LogP contribution is 2.40. The first-order valence-electron chi connectivity index (χ1n) is 10.3. The number of carbonyl (C=O) groups is 2. The van der Waals surface area contributed by atoms with Crippen LogP contribution in [0.4, 0.5) is 0 Å². The van der Waals surface area contributed by atoms with Crippen LogP contribution in [0.3, 0.4) is 0 Å². The normalized spacial score (nSPS) is 18.1. The zero-order chi connectivity index (χ0) is 22.5. The molecule has 1 amide bonds. The van der Waals surface area contributed by atoms with Crippen LogP contribution in [0, 0.1) is 0 Å². The van der Waals surface area contributed by atoms with E-state index in [1.54, 1.807) is 23.1 Å². The summed E-state index contributed by atoms with van der Waals surface area (Å²) in [7, 11) is 3.91. The average Bonchev–Trinajstić information content (AvgIpc) is 3.00. The predicted molar refractivity (Wildman–Crippen MR) is 121 cm³/mol. The maximum atomic E-state index is 13.0. The van der Waals surface area contributed by atoms with E-state index in [-0.39, 0.29) is 11.3 Å². The smallest absolute Gasteiger partial charge is 0.295 e. The van der Waals surface area contributed by atoms with Crippen LogP contribution in [-0.2, 0) is 9.59 Å². The third kappa shape index (κ3) is 4.92. The summed E-state index contributed by atoms with van der Waals surface area (Å²) < 4.78 is 5.44. The standard InChI is InChI=1S/C24H27ClN2O4/c1-4-31-19-12-11-17(15-18(19)25)22(28)20-21(16-9-6-5-7-10-16)27(24(30)23(20)29)14-8-13-26(2)3/h5-7,9-12,15,21,28H,4,8,13-14H2,1-3H3/b22-20+/t21-/m1/s1. The van der Waals surface area contributed by atoms with Crippen LogP contribution in [0.2, 0.25) is 5.02 Å². The van der Waals surface area contributed by atoms with Gasteiger partial charge in [-0.3, -0.25) is 9.59 Å². The number of ether oxygens (including phenoxy) is 1. The molecule has 31 heavy (non-hydrogen) atoms. The maximum absolute atomic E-state index is 13.0. The lowest BCUT2D eigenvalue weighted by atomic mass is 9.95. The van der Waals surface area contributed by atoms with Gasteiger partial charge in [0.2, 0.25) is 0 Å². The number of likely N-dealkylation sites (tertiary alicyclic amines) is 1. The molecular weight excluding hydrogens is 416 g/mol. The predicted octanol–water partition coefficient (Wildman–Crippen LogP) is 4.11. The largest absolute Gasteiger partial charge is 0.507 e. The number of amides is 1. The Kier molecular flexibility index (Phi) is 7.36. The summed E-state index contributed by atoms with van der Waals surface area (Å²) >= 11 is 6.28. The van der Waals surface area contributed by atoms with Crippen LogP contribution in [0.15, 0.2) is 54.1 Å². The molecule has 0 aromatic heterocycles. The van der Waals surface area contributed by atoms with Crippen LogP contribution < -0.4 is 4.74 Å². The summed E-state index contributed by atoms with van der Waals surface area (Å²) in [6, 6.07) is 13.4. The fraction of sp³-hybridized carbons (Fsp3) is 0.333. The first-order valence-corrected chi connectivity index (χ1v) is 10.6. The molecule has 1 aliphatic rings. The monoisotopic (exact) mass is 442 g/mol. The van der Waals surface area contributed by atoms with Crippen molar-refractivity contribution in [3.63, 3.8) is 0 Å². The molecule has 1 N–H and O–H groups in total. The van der Waals surface area contributed by atoms with Gasteiger partial charge in [0.15, 0.2) is 0 Å². The second kappa shape index (κ2) is 9.98. The molecule has 7 heteroatoms. The van der Waals surface area contributed by atoms with E-state index < -0.39 is 17.7 Å². The van der Waals surface area contributed by atoms with Gasteiger partial charge in [0.25, 0.3) is 11.7 Å². The lowest BCUT2D eigenvalue weighted by Crippen LogP contribution is -2.32. The second-order valence-corrected chi connectivity index (χ2v) is 8.05. The Morgan fingerprint density at radius 3 is 2.48 bits per heavy atom. The molecule has 1 heterocycles. The van der Waals surface area contributed by atoms with Crippen LogP contribution in [0.25, 0.3) is 5.76 Å². The Labute approximate surface area is 187 Å². The van der Waals surface area contributed by atoms with Gasteiger partial charge in [0, 0.05) is 12.1 Å². The van der Waals surface area contributed by atoms with E-state index in [4.69, 9.17) is 16.3 Å². The Morgan fingerprint density at radius 1 is 1.16 bits per heavy atom. The highest BCUT2D eigenvalue weighted by molar-refractivity contribution is 6.46. The lowest BCUT2D eigenvalue weighted by molar-refractivity contribution is -0.139. The highest BCUT2D eigenvalue weighted by atomic mass is 35.5. The van der Waals surface area contributed by atoms with Crippen LogP contribution >= 0.6 is 11.6 Å². The molecule has 0 saturated carbocycles. The zero-order valence-electron chi connectivity index (χ0n) is 18.0. The van der Waals surface area contributed by atoms with E-state index in [0.29, 0.717) is 35.9 Å². The van der Waals surface area contributed by atoms with Crippen molar-refractivity contribution in [2.75, 3.05) is 33.8 Å². The van der Waals surface area contributed by atoms with Crippen LogP contribution in [0.5, 0.6) is 5.75 Å². The Bertz CT molecular complexity index is 988. The minimum atomic E-state index is -0.693. The molecule has 1 atom stereocenters. The third-order valence-electron chi connectivity index (χ3n) is 5.16. The Balaban J connectivity index is 2.06. The van der Waals surface area contributed by atoms with E-state index in [0.717, 1.165) is 12.1 Å². The fourth-order valence-electron chi connectivity index (χ4n) is 3.73. The molecule has 6 nitrogen and oxygen atoms in total. The maximum Gasteiger partial charge on any atom is 0.295 e. The van der Waals surface area contributed by atoms with Gasteiger partial charge in [-0.05, 0) is 57.7 Å². The van der Waals surface area contributed by atoms with Gasteiger partial charge >= 0.3 is 0 Å². The van der Waals surface area contributed by atoms with Gasteiger partial charge in [-0.2, -0.15) is 0 Å². The number of aliphatic hydroxyl groups is 1. The van der Waals surface area contributed by atoms with Gasteiger partial charge in [0.05, 0.1) is 23.2 Å². The van der Waals surface area contributed by atoms with E-state index in [1.807, 2.05) is 56.3 Å². The summed E-state index contributed by atoms with van der Waals surface area (Å²) in [5.74, 6) is -1.05. The first-order chi connectivity index (χ1) is 14.8. The lowest BCUT2D eigenvalue weighted by Gasteiger charge is -2.26. The molecule has 0 unspecified atom stereocenters. The summed E-state index contributed by atoms with van der Waals surface area (Å²) in [4.78, 5) is 29.4. The van der Waals surface area contributed by atoms with Crippen molar-refractivity contribution < 1.29 is 19.4 Å². The number of halogens is 1. The van der Waals surface area contributed by atoms with Crippen molar-refractivity contribution in [1.29, 1.82) is 0 Å². The van der Waals surface area contributed by atoms with Crippen molar-refractivity contribution in [3.05, 3.63) is 70.3 Å². The number of Topliss-reactive ketones (excluding diaryl/α,β-unsaturated/α-hetero) is 1. The Hall–Kier alpha value is -2.83. The topological polar surface area (TPSA) is 70.1 Å². The molecular formula is C24H27ClN2O4. The van der Waals surface area contributed by atoms with Gasteiger partial charge in [-0.1, -0.05) is 41.9 Å². The van der Waals surface area contributed by atoms with Crippen molar-refractivity contribution in [2.45, 2.75) is 19.4 Å². The van der Waals surface area contributed by atoms with E-state index in [9.17, 15) is 14.7 Å².